The van der Waals surface area contributed by atoms with Gasteiger partial charge in [-0.25, -0.2) is 13.6 Å². The fraction of sp³-hybridized carbons (Fsp3) is 0.409. The van der Waals surface area contributed by atoms with Crippen LogP contribution in [-0.2, 0) is 21.2 Å². The van der Waals surface area contributed by atoms with E-state index in [1.165, 1.54) is 17.7 Å². The summed E-state index contributed by atoms with van der Waals surface area (Å²) < 4.78 is 27.8. The molecule has 9 heteroatoms. The SMILES string of the molecule is COc1ccc(CCN2CCN(CCC(=O)Nc3ccc(S(N)(=O)=O)cc3)CC2)cc1. The van der Waals surface area contributed by atoms with E-state index in [1.807, 2.05) is 12.1 Å². The lowest BCUT2D eigenvalue weighted by molar-refractivity contribution is -0.116. The van der Waals surface area contributed by atoms with Gasteiger partial charge < -0.3 is 19.9 Å². The number of rotatable bonds is 9. The van der Waals surface area contributed by atoms with Gasteiger partial charge in [-0.3, -0.25) is 4.79 Å². The number of nitrogens with two attached hydrogens (primary N) is 1. The van der Waals surface area contributed by atoms with Crippen molar-refractivity contribution < 1.29 is 17.9 Å². The summed E-state index contributed by atoms with van der Waals surface area (Å²) in [7, 11) is -2.06. The summed E-state index contributed by atoms with van der Waals surface area (Å²) in [4.78, 5) is 17.0. The lowest BCUT2D eigenvalue weighted by Gasteiger charge is -2.34. The van der Waals surface area contributed by atoms with Crippen LogP contribution in [-0.4, -0.2) is 70.5 Å². The number of sulfonamides is 1. The Labute approximate surface area is 184 Å². The van der Waals surface area contributed by atoms with E-state index in [-0.39, 0.29) is 10.8 Å². The summed E-state index contributed by atoms with van der Waals surface area (Å²) in [5.74, 6) is 0.784. The fourth-order valence-corrected chi connectivity index (χ4v) is 4.04. The van der Waals surface area contributed by atoms with Crippen LogP contribution in [0.4, 0.5) is 5.69 Å². The van der Waals surface area contributed by atoms with Gasteiger partial charge in [0, 0.05) is 51.4 Å². The topological polar surface area (TPSA) is 105 Å². The first-order valence-electron chi connectivity index (χ1n) is 10.3. The Morgan fingerprint density at radius 2 is 1.55 bits per heavy atom. The molecule has 0 unspecified atom stereocenters. The molecule has 0 radical (unpaired) electrons. The Morgan fingerprint density at radius 1 is 0.968 bits per heavy atom. The van der Waals surface area contributed by atoms with Gasteiger partial charge in [0.1, 0.15) is 5.75 Å². The van der Waals surface area contributed by atoms with Crippen LogP contribution in [0, 0.1) is 0 Å². The molecule has 0 spiro atoms. The molecule has 0 atom stereocenters. The number of ether oxygens (including phenoxy) is 1. The maximum absolute atomic E-state index is 12.2. The number of methoxy groups -OCH3 is 1. The van der Waals surface area contributed by atoms with Crippen molar-refractivity contribution in [2.75, 3.05) is 51.7 Å². The quantitative estimate of drug-likeness (QED) is 0.605. The highest BCUT2D eigenvalue weighted by Gasteiger charge is 2.17. The van der Waals surface area contributed by atoms with E-state index >= 15 is 0 Å². The van der Waals surface area contributed by atoms with E-state index in [0.717, 1.165) is 44.9 Å². The summed E-state index contributed by atoms with van der Waals surface area (Å²) >= 11 is 0. The van der Waals surface area contributed by atoms with Crippen molar-refractivity contribution >= 4 is 21.6 Å². The molecular weight excluding hydrogens is 416 g/mol. The van der Waals surface area contributed by atoms with Crippen molar-refractivity contribution in [3.8, 4) is 5.75 Å². The zero-order chi connectivity index (χ0) is 22.3. The summed E-state index contributed by atoms with van der Waals surface area (Å²) in [5.41, 5.74) is 1.86. The number of carbonyl (C=O) groups excluding carboxylic acids is 1. The minimum Gasteiger partial charge on any atom is -0.497 e. The van der Waals surface area contributed by atoms with Gasteiger partial charge in [0.15, 0.2) is 0 Å². The molecule has 3 N–H and O–H groups in total. The monoisotopic (exact) mass is 446 g/mol. The Morgan fingerprint density at radius 3 is 2.10 bits per heavy atom. The van der Waals surface area contributed by atoms with Gasteiger partial charge in [0.05, 0.1) is 12.0 Å². The van der Waals surface area contributed by atoms with Crippen molar-refractivity contribution in [1.82, 2.24) is 9.80 Å². The van der Waals surface area contributed by atoms with Gasteiger partial charge >= 0.3 is 0 Å². The molecule has 1 amide bonds. The molecule has 168 valence electrons. The predicted octanol–water partition coefficient (Wildman–Crippen LogP) is 1.53. The van der Waals surface area contributed by atoms with Crippen LogP contribution in [0.15, 0.2) is 53.4 Å². The molecule has 0 aromatic heterocycles. The number of anilines is 1. The van der Waals surface area contributed by atoms with E-state index in [4.69, 9.17) is 9.88 Å². The highest BCUT2D eigenvalue weighted by atomic mass is 32.2. The molecule has 1 saturated heterocycles. The Hall–Kier alpha value is -2.46. The Balaban J connectivity index is 1.34. The number of carbonyl (C=O) groups is 1. The average Bonchev–Trinajstić information content (AvgIpc) is 2.77. The summed E-state index contributed by atoms with van der Waals surface area (Å²) in [6.45, 7) is 5.60. The standard InChI is InChI=1S/C22H30N4O4S/c1-30-20-6-2-18(3-7-20)10-12-25-14-16-26(17-15-25)13-11-22(27)24-19-4-8-21(9-5-19)31(23,28)29/h2-9H,10-17H2,1H3,(H,24,27)(H2,23,28,29). The first kappa shape index (κ1) is 23.2. The van der Waals surface area contributed by atoms with E-state index in [9.17, 15) is 13.2 Å². The van der Waals surface area contributed by atoms with Crippen LogP contribution >= 0.6 is 0 Å². The highest BCUT2D eigenvalue weighted by Crippen LogP contribution is 2.14. The van der Waals surface area contributed by atoms with E-state index < -0.39 is 10.0 Å². The molecule has 2 aromatic rings. The van der Waals surface area contributed by atoms with Gasteiger partial charge in [-0.15, -0.1) is 0 Å². The highest BCUT2D eigenvalue weighted by molar-refractivity contribution is 7.89. The van der Waals surface area contributed by atoms with E-state index in [1.54, 1.807) is 19.2 Å². The molecule has 1 heterocycles. The molecule has 1 aliphatic heterocycles. The third-order valence-electron chi connectivity index (χ3n) is 5.46. The maximum Gasteiger partial charge on any atom is 0.238 e. The van der Waals surface area contributed by atoms with Gasteiger partial charge in [0.2, 0.25) is 15.9 Å². The third kappa shape index (κ3) is 7.32. The van der Waals surface area contributed by atoms with Crippen molar-refractivity contribution in [2.24, 2.45) is 5.14 Å². The lowest BCUT2D eigenvalue weighted by atomic mass is 10.1. The Kier molecular flexibility index (Phi) is 8.03. The number of hydrogen-bond donors (Lipinski definition) is 2. The smallest absolute Gasteiger partial charge is 0.238 e. The van der Waals surface area contributed by atoms with Gasteiger partial charge in [0.25, 0.3) is 0 Å². The zero-order valence-corrected chi connectivity index (χ0v) is 18.6. The van der Waals surface area contributed by atoms with Gasteiger partial charge in [-0.05, 0) is 48.4 Å². The van der Waals surface area contributed by atoms with Crippen molar-refractivity contribution in [3.05, 3.63) is 54.1 Å². The number of nitrogens with one attached hydrogen (secondary N) is 1. The second-order valence-corrected chi connectivity index (χ2v) is 9.21. The first-order valence-corrected chi connectivity index (χ1v) is 11.9. The second-order valence-electron chi connectivity index (χ2n) is 7.65. The summed E-state index contributed by atoms with van der Waals surface area (Å²) in [5, 5.41) is 7.87. The van der Waals surface area contributed by atoms with Crippen LogP contribution in [0.5, 0.6) is 5.75 Å². The number of nitrogens with zero attached hydrogens (tertiary/aromatic N) is 2. The Bertz CT molecular complexity index is 954. The van der Waals surface area contributed by atoms with Crippen molar-refractivity contribution in [3.63, 3.8) is 0 Å². The first-order chi connectivity index (χ1) is 14.8. The van der Waals surface area contributed by atoms with E-state index in [0.29, 0.717) is 18.7 Å². The van der Waals surface area contributed by atoms with Crippen LogP contribution in [0.3, 0.4) is 0 Å². The van der Waals surface area contributed by atoms with Crippen LogP contribution in [0.1, 0.15) is 12.0 Å². The number of hydrogen-bond acceptors (Lipinski definition) is 6. The number of primary sulfonamides is 1. The fourth-order valence-electron chi connectivity index (χ4n) is 3.53. The summed E-state index contributed by atoms with van der Waals surface area (Å²) in [6.07, 6.45) is 1.40. The second kappa shape index (κ2) is 10.7. The molecule has 8 nitrogen and oxygen atoms in total. The predicted molar refractivity (Wildman–Crippen MR) is 121 cm³/mol. The molecule has 3 rings (SSSR count). The molecule has 1 aliphatic rings. The minimum atomic E-state index is -3.73. The molecule has 0 aliphatic carbocycles. The molecule has 0 saturated carbocycles. The maximum atomic E-state index is 12.2. The van der Waals surface area contributed by atoms with Crippen LogP contribution in [0.25, 0.3) is 0 Å². The number of piperazine rings is 1. The lowest BCUT2D eigenvalue weighted by Crippen LogP contribution is -2.47. The van der Waals surface area contributed by atoms with Crippen LogP contribution in [0.2, 0.25) is 0 Å². The molecule has 1 fully saturated rings. The van der Waals surface area contributed by atoms with Crippen molar-refractivity contribution in [1.29, 1.82) is 0 Å². The minimum absolute atomic E-state index is 0.0235. The number of benzene rings is 2. The third-order valence-corrected chi connectivity index (χ3v) is 6.39. The number of amides is 1. The zero-order valence-electron chi connectivity index (χ0n) is 17.8. The average molecular weight is 447 g/mol. The molecule has 0 bridgehead atoms. The molecular formula is C22H30N4O4S. The van der Waals surface area contributed by atoms with Gasteiger partial charge in [-0.1, -0.05) is 12.1 Å². The van der Waals surface area contributed by atoms with Gasteiger partial charge in [-0.2, -0.15) is 0 Å². The molecule has 2 aromatic carbocycles. The largest absolute Gasteiger partial charge is 0.497 e. The van der Waals surface area contributed by atoms with Crippen molar-refractivity contribution in [2.45, 2.75) is 17.7 Å². The van der Waals surface area contributed by atoms with Crippen LogP contribution < -0.4 is 15.2 Å². The van der Waals surface area contributed by atoms with E-state index in [2.05, 4.69) is 27.2 Å². The normalized spacial score (nSPS) is 15.5. The molecule has 31 heavy (non-hydrogen) atoms. The summed E-state index contributed by atoms with van der Waals surface area (Å²) in [6, 6.07) is 14.1.